The van der Waals surface area contributed by atoms with E-state index in [1.54, 1.807) is 0 Å². The number of aryl methyl sites for hydroxylation is 2. The molecule has 3 nitrogen and oxygen atoms in total. The number of carbonyl (C=O) groups is 1. The van der Waals surface area contributed by atoms with Crippen LogP contribution in [0.25, 0.3) is 10.8 Å². The second-order valence-electron chi connectivity index (χ2n) is 6.24. The Labute approximate surface area is 155 Å². The van der Waals surface area contributed by atoms with Gasteiger partial charge >= 0.3 is 0 Å². The van der Waals surface area contributed by atoms with Crippen LogP contribution in [0.1, 0.15) is 42.3 Å². The maximum Gasteiger partial charge on any atom is 0.259 e. The number of nitrogens with one attached hydrogen (secondary N) is 1. The highest BCUT2D eigenvalue weighted by atomic mass is 16.5. The lowest BCUT2D eigenvalue weighted by Crippen LogP contribution is -2.16. The molecule has 0 aliphatic rings. The van der Waals surface area contributed by atoms with E-state index >= 15 is 0 Å². The summed E-state index contributed by atoms with van der Waals surface area (Å²) in [6, 6.07) is 18.1. The Kier molecular flexibility index (Phi) is 5.57. The third kappa shape index (κ3) is 3.57. The van der Waals surface area contributed by atoms with Crippen LogP contribution in [0.5, 0.6) is 5.75 Å². The molecule has 0 aromatic heterocycles. The normalized spacial score (nSPS) is 10.7. The van der Waals surface area contributed by atoms with Gasteiger partial charge in [-0.25, -0.2) is 0 Å². The average Bonchev–Trinajstić information content (AvgIpc) is 2.67. The van der Waals surface area contributed by atoms with Crippen molar-refractivity contribution in [1.29, 1.82) is 0 Å². The maximum absolute atomic E-state index is 13.1. The van der Waals surface area contributed by atoms with Crippen LogP contribution >= 0.6 is 0 Å². The molecule has 26 heavy (non-hydrogen) atoms. The largest absolute Gasteiger partial charge is 0.493 e. The molecule has 0 saturated heterocycles. The quantitative estimate of drug-likeness (QED) is 0.629. The molecule has 0 bridgehead atoms. The standard InChI is InChI=1S/C23H25NO2/c1-4-16-12-9-13-17(5-2)22(16)24-23(25)20-14-18-10-7-8-11-19(18)15-21(20)26-6-3/h7-15H,4-6H2,1-3H3,(H,24,25). The van der Waals surface area contributed by atoms with Crippen molar-refractivity contribution in [2.45, 2.75) is 33.6 Å². The van der Waals surface area contributed by atoms with Crippen LogP contribution in [-0.4, -0.2) is 12.5 Å². The molecular weight excluding hydrogens is 322 g/mol. The van der Waals surface area contributed by atoms with Gasteiger partial charge in [-0.2, -0.15) is 0 Å². The van der Waals surface area contributed by atoms with Gasteiger partial charge < -0.3 is 10.1 Å². The van der Waals surface area contributed by atoms with Gasteiger partial charge in [0, 0.05) is 5.69 Å². The zero-order valence-corrected chi connectivity index (χ0v) is 15.6. The first-order chi connectivity index (χ1) is 12.7. The molecule has 0 unspecified atom stereocenters. The number of hydrogen-bond acceptors (Lipinski definition) is 2. The summed E-state index contributed by atoms with van der Waals surface area (Å²) >= 11 is 0. The second kappa shape index (κ2) is 8.05. The van der Waals surface area contributed by atoms with Gasteiger partial charge in [-0.3, -0.25) is 4.79 Å². The molecule has 3 rings (SSSR count). The predicted molar refractivity (Wildman–Crippen MR) is 108 cm³/mol. The lowest BCUT2D eigenvalue weighted by molar-refractivity contribution is 0.102. The van der Waals surface area contributed by atoms with Crippen molar-refractivity contribution in [3.05, 3.63) is 71.3 Å². The van der Waals surface area contributed by atoms with Crippen LogP contribution in [0.4, 0.5) is 5.69 Å². The van der Waals surface area contributed by atoms with E-state index < -0.39 is 0 Å². The van der Waals surface area contributed by atoms with Crippen LogP contribution in [0, 0.1) is 0 Å². The molecule has 0 atom stereocenters. The maximum atomic E-state index is 13.1. The van der Waals surface area contributed by atoms with Crippen molar-refractivity contribution in [3.8, 4) is 5.75 Å². The molecule has 134 valence electrons. The third-order valence-electron chi connectivity index (χ3n) is 4.63. The molecule has 3 aromatic carbocycles. The summed E-state index contributed by atoms with van der Waals surface area (Å²) in [5.74, 6) is 0.491. The summed E-state index contributed by atoms with van der Waals surface area (Å²) < 4.78 is 5.76. The summed E-state index contributed by atoms with van der Waals surface area (Å²) in [6.45, 7) is 6.65. The molecule has 3 heteroatoms. The van der Waals surface area contributed by atoms with Crippen LogP contribution in [0.15, 0.2) is 54.6 Å². The number of hydrogen-bond donors (Lipinski definition) is 1. The summed E-state index contributed by atoms with van der Waals surface area (Å²) in [6.07, 6.45) is 1.75. The SMILES string of the molecule is CCOc1cc2ccccc2cc1C(=O)Nc1c(CC)cccc1CC. The second-order valence-corrected chi connectivity index (χ2v) is 6.24. The van der Waals surface area contributed by atoms with Crippen molar-refractivity contribution < 1.29 is 9.53 Å². The summed E-state index contributed by atoms with van der Waals surface area (Å²) in [5, 5.41) is 5.24. The molecule has 0 heterocycles. The van der Waals surface area contributed by atoms with E-state index in [9.17, 15) is 4.79 Å². The van der Waals surface area contributed by atoms with Gasteiger partial charge in [0.15, 0.2) is 0 Å². The highest BCUT2D eigenvalue weighted by molar-refractivity contribution is 6.09. The Morgan fingerprint density at radius 2 is 1.50 bits per heavy atom. The van der Waals surface area contributed by atoms with E-state index in [0.29, 0.717) is 17.9 Å². The van der Waals surface area contributed by atoms with Crippen molar-refractivity contribution in [3.63, 3.8) is 0 Å². The Hall–Kier alpha value is -2.81. The van der Waals surface area contributed by atoms with Crippen LogP contribution in [-0.2, 0) is 12.8 Å². The van der Waals surface area contributed by atoms with Gasteiger partial charge in [-0.15, -0.1) is 0 Å². The number of benzene rings is 3. The lowest BCUT2D eigenvalue weighted by atomic mass is 10.0. The summed E-state index contributed by atoms with van der Waals surface area (Å²) in [7, 11) is 0. The molecule has 0 saturated carbocycles. The molecule has 1 N–H and O–H groups in total. The Balaban J connectivity index is 2.04. The molecule has 0 fully saturated rings. The van der Waals surface area contributed by atoms with Crippen LogP contribution in [0.3, 0.4) is 0 Å². The van der Waals surface area contributed by atoms with Crippen molar-refractivity contribution >= 4 is 22.4 Å². The molecule has 3 aromatic rings. The number of para-hydroxylation sites is 1. The highest BCUT2D eigenvalue weighted by Crippen LogP contribution is 2.29. The van der Waals surface area contributed by atoms with Gasteiger partial charge in [0.1, 0.15) is 5.75 Å². The monoisotopic (exact) mass is 347 g/mol. The van der Waals surface area contributed by atoms with E-state index in [0.717, 1.165) is 40.4 Å². The number of amides is 1. The molecule has 0 aliphatic heterocycles. The molecule has 0 radical (unpaired) electrons. The Morgan fingerprint density at radius 1 is 0.885 bits per heavy atom. The van der Waals surface area contributed by atoms with Crippen molar-refractivity contribution in [2.24, 2.45) is 0 Å². The minimum Gasteiger partial charge on any atom is -0.493 e. The Morgan fingerprint density at radius 3 is 2.08 bits per heavy atom. The number of rotatable bonds is 6. The first-order valence-corrected chi connectivity index (χ1v) is 9.25. The molecule has 1 amide bonds. The van der Waals surface area contributed by atoms with Crippen LogP contribution < -0.4 is 10.1 Å². The van der Waals surface area contributed by atoms with E-state index in [-0.39, 0.29) is 5.91 Å². The fourth-order valence-electron chi connectivity index (χ4n) is 3.26. The predicted octanol–water partition coefficient (Wildman–Crippen LogP) is 5.62. The van der Waals surface area contributed by atoms with Gasteiger partial charge in [-0.05, 0) is 53.8 Å². The topological polar surface area (TPSA) is 38.3 Å². The first kappa shape index (κ1) is 18.0. The highest BCUT2D eigenvalue weighted by Gasteiger charge is 2.17. The fraction of sp³-hybridized carbons (Fsp3) is 0.261. The molecule has 0 aliphatic carbocycles. The average molecular weight is 347 g/mol. The zero-order valence-electron chi connectivity index (χ0n) is 15.6. The number of anilines is 1. The van der Waals surface area contributed by atoms with Gasteiger partial charge in [0.2, 0.25) is 0 Å². The summed E-state index contributed by atoms with van der Waals surface area (Å²) in [4.78, 5) is 13.1. The zero-order chi connectivity index (χ0) is 18.5. The van der Waals surface area contributed by atoms with Gasteiger partial charge in [0.25, 0.3) is 5.91 Å². The number of ether oxygens (including phenoxy) is 1. The molecular formula is C23H25NO2. The van der Waals surface area contributed by atoms with E-state index in [1.165, 1.54) is 0 Å². The van der Waals surface area contributed by atoms with Crippen molar-refractivity contribution in [1.82, 2.24) is 0 Å². The first-order valence-electron chi connectivity index (χ1n) is 9.25. The van der Waals surface area contributed by atoms with Gasteiger partial charge in [-0.1, -0.05) is 56.3 Å². The van der Waals surface area contributed by atoms with E-state index in [4.69, 9.17) is 4.74 Å². The minimum absolute atomic E-state index is 0.130. The third-order valence-corrected chi connectivity index (χ3v) is 4.63. The van der Waals surface area contributed by atoms with E-state index in [1.807, 2.05) is 43.3 Å². The minimum atomic E-state index is -0.130. The number of fused-ring (bicyclic) bond motifs is 1. The van der Waals surface area contributed by atoms with E-state index in [2.05, 4.69) is 37.4 Å². The number of carbonyl (C=O) groups excluding carboxylic acids is 1. The fourth-order valence-corrected chi connectivity index (χ4v) is 3.26. The molecule has 0 spiro atoms. The smallest absolute Gasteiger partial charge is 0.259 e. The van der Waals surface area contributed by atoms with Crippen LogP contribution in [0.2, 0.25) is 0 Å². The van der Waals surface area contributed by atoms with Gasteiger partial charge in [0.05, 0.1) is 12.2 Å². The lowest BCUT2D eigenvalue weighted by Gasteiger charge is -2.16. The Bertz CT molecular complexity index is 908. The summed E-state index contributed by atoms with van der Waals surface area (Å²) in [5.41, 5.74) is 3.80. The van der Waals surface area contributed by atoms with Crippen molar-refractivity contribution in [2.75, 3.05) is 11.9 Å².